The first-order valence-electron chi connectivity index (χ1n) is 9.38. The SMILES string of the molecule is CC[C@H](C)n1c(=S)[nH]c(=O)c2c(C(F)F)cc(-c3cccc4ccccc34)nc21. The molecule has 1 atom stereocenters. The Morgan fingerprint density at radius 2 is 1.90 bits per heavy atom. The van der Waals surface area contributed by atoms with Gasteiger partial charge in [-0.3, -0.25) is 14.3 Å². The molecule has 0 spiro atoms. The fraction of sp³-hybridized carbons (Fsp3) is 0.227. The summed E-state index contributed by atoms with van der Waals surface area (Å²) in [4.78, 5) is 19.7. The highest BCUT2D eigenvalue weighted by atomic mass is 32.1. The van der Waals surface area contributed by atoms with Gasteiger partial charge in [0.25, 0.3) is 12.0 Å². The number of nitrogens with one attached hydrogen (secondary N) is 1. The normalized spacial score (nSPS) is 12.7. The van der Waals surface area contributed by atoms with Crippen LogP contribution in [0.2, 0.25) is 0 Å². The summed E-state index contributed by atoms with van der Waals surface area (Å²) in [5.74, 6) is 0. The predicted octanol–water partition coefficient (Wildman–Crippen LogP) is 6.18. The Kier molecular flexibility index (Phi) is 5.00. The van der Waals surface area contributed by atoms with E-state index in [9.17, 15) is 13.6 Å². The van der Waals surface area contributed by atoms with E-state index in [-0.39, 0.29) is 27.4 Å². The molecule has 4 rings (SSSR count). The molecule has 0 radical (unpaired) electrons. The smallest absolute Gasteiger partial charge is 0.264 e. The molecule has 0 unspecified atom stereocenters. The molecule has 1 N–H and O–H groups in total. The van der Waals surface area contributed by atoms with Crippen molar-refractivity contribution in [1.29, 1.82) is 0 Å². The third-order valence-electron chi connectivity index (χ3n) is 5.26. The quantitative estimate of drug-likeness (QED) is 0.408. The van der Waals surface area contributed by atoms with Gasteiger partial charge in [0.2, 0.25) is 0 Å². The summed E-state index contributed by atoms with van der Waals surface area (Å²) >= 11 is 5.34. The summed E-state index contributed by atoms with van der Waals surface area (Å²) in [7, 11) is 0. The number of fused-ring (bicyclic) bond motifs is 2. The van der Waals surface area contributed by atoms with Gasteiger partial charge >= 0.3 is 0 Å². The Morgan fingerprint density at radius 3 is 2.62 bits per heavy atom. The molecule has 0 saturated heterocycles. The average Bonchev–Trinajstić information content (AvgIpc) is 2.72. The first-order chi connectivity index (χ1) is 13.9. The second kappa shape index (κ2) is 7.48. The van der Waals surface area contributed by atoms with E-state index >= 15 is 0 Å². The molecule has 7 heteroatoms. The van der Waals surface area contributed by atoms with Gasteiger partial charge in [0.05, 0.1) is 11.1 Å². The number of pyridine rings is 1. The number of hydrogen-bond acceptors (Lipinski definition) is 3. The number of hydrogen-bond donors (Lipinski definition) is 1. The third kappa shape index (κ3) is 3.25. The first kappa shape index (κ1) is 19.4. The summed E-state index contributed by atoms with van der Waals surface area (Å²) in [5, 5.41) is 1.77. The van der Waals surface area contributed by atoms with Gasteiger partial charge in [-0.25, -0.2) is 13.8 Å². The van der Waals surface area contributed by atoms with E-state index in [1.165, 1.54) is 6.07 Å². The number of H-pyrrole nitrogens is 1. The third-order valence-corrected chi connectivity index (χ3v) is 5.56. The van der Waals surface area contributed by atoms with Crippen molar-refractivity contribution >= 4 is 34.0 Å². The minimum atomic E-state index is -2.82. The highest BCUT2D eigenvalue weighted by molar-refractivity contribution is 7.71. The van der Waals surface area contributed by atoms with Crippen LogP contribution < -0.4 is 5.56 Å². The Morgan fingerprint density at radius 1 is 1.17 bits per heavy atom. The summed E-state index contributed by atoms with van der Waals surface area (Å²) in [6.07, 6.45) is -2.11. The van der Waals surface area contributed by atoms with Crippen LogP contribution in [0.1, 0.15) is 38.3 Å². The number of benzene rings is 2. The van der Waals surface area contributed by atoms with Gasteiger partial charge in [0, 0.05) is 17.2 Å². The molecule has 2 heterocycles. The molecule has 0 bridgehead atoms. The van der Waals surface area contributed by atoms with E-state index in [1.54, 1.807) is 4.57 Å². The van der Waals surface area contributed by atoms with Crippen LogP contribution in [0.25, 0.3) is 33.1 Å². The fourth-order valence-electron chi connectivity index (χ4n) is 3.62. The summed E-state index contributed by atoms with van der Waals surface area (Å²) in [5.41, 5.74) is 0.326. The topological polar surface area (TPSA) is 50.7 Å². The summed E-state index contributed by atoms with van der Waals surface area (Å²) < 4.78 is 29.8. The number of alkyl halides is 2. The second-order valence-corrected chi connectivity index (χ2v) is 7.40. The van der Waals surface area contributed by atoms with E-state index < -0.39 is 12.0 Å². The molecule has 0 amide bonds. The zero-order chi connectivity index (χ0) is 20.7. The number of aromatic amines is 1. The van der Waals surface area contributed by atoms with Crippen molar-refractivity contribution in [3.8, 4) is 11.3 Å². The molecule has 0 saturated carbocycles. The largest absolute Gasteiger partial charge is 0.300 e. The van der Waals surface area contributed by atoms with Gasteiger partial charge < -0.3 is 0 Å². The summed E-state index contributed by atoms with van der Waals surface area (Å²) in [6, 6.07) is 14.6. The van der Waals surface area contributed by atoms with Crippen molar-refractivity contribution in [1.82, 2.24) is 14.5 Å². The van der Waals surface area contributed by atoms with E-state index in [4.69, 9.17) is 12.2 Å². The highest BCUT2D eigenvalue weighted by Crippen LogP contribution is 2.33. The van der Waals surface area contributed by atoms with E-state index in [0.29, 0.717) is 12.1 Å². The first-order valence-corrected chi connectivity index (χ1v) is 9.79. The van der Waals surface area contributed by atoms with Crippen LogP contribution in [-0.2, 0) is 0 Å². The predicted molar refractivity (Wildman–Crippen MR) is 114 cm³/mol. The number of nitrogens with zero attached hydrogens (tertiary/aromatic N) is 2. The zero-order valence-corrected chi connectivity index (χ0v) is 16.8. The van der Waals surface area contributed by atoms with Crippen LogP contribution in [0.5, 0.6) is 0 Å². The van der Waals surface area contributed by atoms with Crippen molar-refractivity contribution in [2.24, 2.45) is 0 Å². The number of aromatic nitrogens is 3. The Bertz CT molecular complexity index is 1340. The van der Waals surface area contributed by atoms with Crippen LogP contribution in [0, 0.1) is 4.77 Å². The van der Waals surface area contributed by atoms with Crippen molar-refractivity contribution < 1.29 is 8.78 Å². The van der Waals surface area contributed by atoms with E-state index in [1.807, 2.05) is 56.3 Å². The van der Waals surface area contributed by atoms with Crippen LogP contribution in [0.15, 0.2) is 53.3 Å². The van der Waals surface area contributed by atoms with Crippen molar-refractivity contribution in [2.45, 2.75) is 32.7 Å². The minimum Gasteiger partial charge on any atom is -0.300 e. The van der Waals surface area contributed by atoms with Crippen molar-refractivity contribution in [2.75, 3.05) is 0 Å². The Labute approximate surface area is 170 Å². The van der Waals surface area contributed by atoms with Crippen molar-refractivity contribution in [3.05, 3.63) is 69.2 Å². The molecule has 4 aromatic rings. The fourth-order valence-corrected chi connectivity index (χ4v) is 3.98. The molecule has 0 aliphatic rings. The Balaban J connectivity index is 2.17. The maximum Gasteiger partial charge on any atom is 0.264 e. The standard InChI is InChI=1S/C22H19F2N3OS/c1-3-12(2)27-20-18(21(28)26-22(27)29)16(19(23)24)11-17(25-20)15-10-6-8-13-7-4-5-9-14(13)15/h4-12,19H,3H2,1-2H3,(H,26,28,29)/t12-/m0/s1. The van der Waals surface area contributed by atoms with Crippen LogP contribution in [-0.4, -0.2) is 14.5 Å². The molecule has 29 heavy (non-hydrogen) atoms. The molecular formula is C22H19F2N3OS. The second-order valence-electron chi connectivity index (χ2n) is 7.01. The number of halogens is 2. The molecule has 2 aromatic heterocycles. The molecule has 4 nitrogen and oxygen atoms in total. The maximum absolute atomic E-state index is 14.0. The zero-order valence-electron chi connectivity index (χ0n) is 15.9. The molecular weight excluding hydrogens is 392 g/mol. The number of rotatable bonds is 4. The molecule has 148 valence electrons. The molecule has 0 aliphatic heterocycles. The van der Waals surface area contributed by atoms with Gasteiger partial charge in [-0.15, -0.1) is 0 Å². The van der Waals surface area contributed by atoms with Gasteiger partial charge in [-0.2, -0.15) is 0 Å². The van der Waals surface area contributed by atoms with Gasteiger partial charge in [-0.05, 0) is 42.4 Å². The lowest BCUT2D eigenvalue weighted by Gasteiger charge is -2.19. The lowest BCUT2D eigenvalue weighted by molar-refractivity contribution is 0.153. The van der Waals surface area contributed by atoms with Gasteiger partial charge in [-0.1, -0.05) is 49.4 Å². The van der Waals surface area contributed by atoms with Crippen LogP contribution in [0.3, 0.4) is 0 Å². The van der Waals surface area contributed by atoms with Crippen LogP contribution in [0.4, 0.5) is 8.78 Å². The van der Waals surface area contributed by atoms with Gasteiger partial charge in [0.15, 0.2) is 4.77 Å². The average molecular weight is 411 g/mol. The van der Waals surface area contributed by atoms with Crippen LogP contribution >= 0.6 is 12.2 Å². The minimum absolute atomic E-state index is 0.109. The highest BCUT2D eigenvalue weighted by Gasteiger charge is 2.22. The van der Waals surface area contributed by atoms with E-state index in [0.717, 1.165) is 16.3 Å². The van der Waals surface area contributed by atoms with Crippen molar-refractivity contribution in [3.63, 3.8) is 0 Å². The molecule has 0 fully saturated rings. The van der Waals surface area contributed by atoms with Gasteiger partial charge in [0.1, 0.15) is 5.65 Å². The lowest BCUT2D eigenvalue weighted by Crippen LogP contribution is -2.19. The summed E-state index contributed by atoms with van der Waals surface area (Å²) in [6.45, 7) is 3.88. The Hall–Kier alpha value is -2.93. The lowest BCUT2D eigenvalue weighted by atomic mass is 10.00. The monoisotopic (exact) mass is 411 g/mol. The molecule has 0 aliphatic carbocycles. The van der Waals surface area contributed by atoms with E-state index in [2.05, 4.69) is 9.97 Å². The molecule has 2 aromatic carbocycles. The maximum atomic E-state index is 14.0.